The van der Waals surface area contributed by atoms with Gasteiger partial charge in [0.2, 0.25) is 0 Å². The second kappa shape index (κ2) is 7.68. The van der Waals surface area contributed by atoms with Crippen molar-refractivity contribution in [3.05, 3.63) is 35.4 Å². The largest absolute Gasteiger partial charge is 0.545 e. The third-order valence-corrected chi connectivity index (χ3v) is 3.66. The number of carbonyl (C=O) groups excluding carboxylic acids is 2. The van der Waals surface area contributed by atoms with Crippen molar-refractivity contribution in [2.45, 2.75) is 39.5 Å². The van der Waals surface area contributed by atoms with E-state index in [-0.39, 0.29) is 11.1 Å². The fraction of sp³-hybridized carbons (Fsp3) is 0.500. The van der Waals surface area contributed by atoms with E-state index in [9.17, 15) is 19.8 Å². The lowest BCUT2D eigenvalue weighted by atomic mass is 9.84. The molecule has 0 amide bonds. The first-order valence-electron chi connectivity index (χ1n) is 6.93. The van der Waals surface area contributed by atoms with Crippen molar-refractivity contribution in [3.63, 3.8) is 0 Å². The van der Waals surface area contributed by atoms with Crippen molar-refractivity contribution in [1.29, 1.82) is 0 Å². The SMILES string of the molecule is CC1CCC(C)CC1.O=C([O-])c1ccc(C(=O)[O-])cc1. The maximum Gasteiger partial charge on any atom is 0.0715 e. The minimum Gasteiger partial charge on any atom is -0.545 e. The molecule has 1 aliphatic carbocycles. The van der Waals surface area contributed by atoms with Gasteiger partial charge in [0.25, 0.3) is 0 Å². The molecule has 20 heavy (non-hydrogen) atoms. The van der Waals surface area contributed by atoms with Crippen LogP contribution in [0.15, 0.2) is 24.3 Å². The monoisotopic (exact) mass is 276 g/mol. The van der Waals surface area contributed by atoms with Gasteiger partial charge in [-0.1, -0.05) is 63.8 Å². The fourth-order valence-corrected chi connectivity index (χ4v) is 2.17. The lowest BCUT2D eigenvalue weighted by molar-refractivity contribution is -0.256. The number of aromatic carboxylic acids is 2. The summed E-state index contributed by atoms with van der Waals surface area (Å²) in [6, 6.07) is 4.61. The Bertz CT molecular complexity index is 399. The van der Waals surface area contributed by atoms with Crippen LogP contribution in [0.3, 0.4) is 0 Å². The van der Waals surface area contributed by atoms with E-state index < -0.39 is 11.9 Å². The zero-order valence-corrected chi connectivity index (χ0v) is 11.9. The Balaban J connectivity index is 0.000000217. The van der Waals surface area contributed by atoms with Crippen molar-refractivity contribution < 1.29 is 19.8 Å². The van der Waals surface area contributed by atoms with Gasteiger partial charge in [-0.25, -0.2) is 0 Å². The van der Waals surface area contributed by atoms with E-state index in [0.717, 1.165) is 36.1 Å². The van der Waals surface area contributed by atoms with Crippen LogP contribution in [0.1, 0.15) is 60.2 Å². The maximum absolute atomic E-state index is 10.2. The predicted molar refractivity (Wildman–Crippen MR) is 71.9 cm³/mol. The number of hydrogen-bond donors (Lipinski definition) is 0. The normalized spacial score (nSPS) is 21.5. The molecule has 0 bridgehead atoms. The Morgan fingerprint density at radius 1 is 0.800 bits per heavy atom. The van der Waals surface area contributed by atoms with E-state index in [1.54, 1.807) is 0 Å². The molecule has 4 heteroatoms. The molecule has 0 heterocycles. The van der Waals surface area contributed by atoms with Crippen LogP contribution < -0.4 is 10.2 Å². The van der Waals surface area contributed by atoms with E-state index in [1.807, 2.05) is 0 Å². The van der Waals surface area contributed by atoms with E-state index in [4.69, 9.17) is 0 Å². The van der Waals surface area contributed by atoms with Gasteiger partial charge in [0, 0.05) is 0 Å². The van der Waals surface area contributed by atoms with Gasteiger partial charge in [-0.3, -0.25) is 0 Å². The molecule has 1 aromatic rings. The van der Waals surface area contributed by atoms with Crippen molar-refractivity contribution in [3.8, 4) is 0 Å². The van der Waals surface area contributed by atoms with Gasteiger partial charge >= 0.3 is 0 Å². The maximum atomic E-state index is 10.2. The van der Waals surface area contributed by atoms with E-state index in [0.29, 0.717) is 0 Å². The summed E-state index contributed by atoms with van der Waals surface area (Å²) in [5, 5.41) is 20.4. The highest BCUT2D eigenvalue weighted by Gasteiger charge is 2.13. The molecule has 2 rings (SSSR count). The quantitative estimate of drug-likeness (QED) is 0.814. The summed E-state index contributed by atoms with van der Waals surface area (Å²) in [6.45, 7) is 4.73. The molecule has 110 valence electrons. The van der Waals surface area contributed by atoms with Crippen LogP contribution in [0, 0.1) is 11.8 Å². The lowest BCUT2D eigenvalue weighted by Crippen LogP contribution is -2.24. The average Bonchev–Trinajstić information content (AvgIpc) is 2.43. The summed E-state index contributed by atoms with van der Waals surface area (Å²) < 4.78 is 0. The number of carboxylic acid groups (broad SMARTS) is 2. The highest BCUT2D eigenvalue weighted by atomic mass is 16.4. The number of hydrogen-bond acceptors (Lipinski definition) is 4. The van der Waals surface area contributed by atoms with Gasteiger partial charge in [0.15, 0.2) is 0 Å². The molecule has 0 spiro atoms. The molecule has 0 unspecified atom stereocenters. The molecule has 4 nitrogen and oxygen atoms in total. The number of benzene rings is 1. The van der Waals surface area contributed by atoms with Gasteiger partial charge in [-0.05, 0) is 23.0 Å². The standard InChI is InChI=1S/C8H6O4.C8H16/c9-7(10)5-1-2-6(4-3-5)8(11)12;1-7-3-5-8(2)6-4-7/h1-4H,(H,9,10)(H,11,12);7-8H,3-6H2,1-2H3/p-2. The molecular weight excluding hydrogens is 256 g/mol. The summed E-state index contributed by atoms with van der Waals surface area (Å²) in [5.74, 6) is -0.628. The first-order chi connectivity index (χ1) is 9.40. The number of carbonyl (C=O) groups is 2. The van der Waals surface area contributed by atoms with E-state index in [1.165, 1.54) is 25.7 Å². The Hall–Kier alpha value is -1.84. The van der Waals surface area contributed by atoms with Crippen molar-refractivity contribution in [1.82, 2.24) is 0 Å². The highest BCUT2D eigenvalue weighted by molar-refractivity contribution is 5.89. The van der Waals surface area contributed by atoms with Crippen molar-refractivity contribution >= 4 is 11.9 Å². The molecule has 0 saturated heterocycles. The zero-order valence-electron chi connectivity index (χ0n) is 11.9. The average molecular weight is 276 g/mol. The molecule has 0 atom stereocenters. The summed E-state index contributed by atoms with van der Waals surface area (Å²) in [7, 11) is 0. The van der Waals surface area contributed by atoms with Crippen LogP contribution in [0.4, 0.5) is 0 Å². The van der Waals surface area contributed by atoms with Crippen LogP contribution >= 0.6 is 0 Å². The fourth-order valence-electron chi connectivity index (χ4n) is 2.17. The second-order valence-corrected chi connectivity index (χ2v) is 5.52. The number of rotatable bonds is 2. The minimum absolute atomic E-state index is 0.0556. The van der Waals surface area contributed by atoms with Crippen LogP contribution in [-0.4, -0.2) is 11.9 Å². The van der Waals surface area contributed by atoms with Crippen molar-refractivity contribution in [2.75, 3.05) is 0 Å². The predicted octanol–water partition coefficient (Wildman–Crippen LogP) is 1.25. The Morgan fingerprint density at radius 2 is 1.05 bits per heavy atom. The Labute approximate surface area is 119 Å². The Kier molecular flexibility index (Phi) is 6.22. The van der Waals surface area contributed by atoms with Crippen LogP contribution in [-0.2, 0) is 0 Å². The molecule has 1 aromatic carbocycles. The van der Waals surface area contributed by atoms with Gasteiger partial charge in [-0.2, -0.15) is 0 Å². The van der Waals surface area contributed by atoms with Crippen molar-refractivity contribution in [2.24, 2.45) is 11.8 Å². The van der Waals surface area contributed by atoms with Crippen LogP contribution in [0.25, 0.3) is 0 Å². The minimum atomic E-state index is -1.33. The third-order valence-electron chi connectivity index (χ3n) is 3.66. The molecular formula is C16H20O4-2. The zero-order chi connectivity index (χ0) is 15.1. The number of carboxylic acids is 2. The van der Waals surface area contributed by atoms with Gasteiger partial charge < -0.3 is 19.8 Å². The smallest absolute Gasteiger partial charge is 0.0715 e. The van der Waals surface area contributed by atoms with Crippen LogP contribution in [0.5, 0.6) is 0 Å². The summed E-state index contributed by atoms with van der Waals surface area (Å²) in [6.07, 6.45) is 5.89. The topological polar surface area (TPSA) is 80.3 Å². The first-order valence-corrected chi connectivity index (χ1v) is 6.93. The summed E-state index contributed by atoms with van der Waals surface area (Å²) >= 11 is 0. The molecule has 1 aliphatic rings. The summed E-state index contributed by atoms with van der Waals surface area (Å²) in [4.78, 5) is 20.4. The van der Waals surface area contributed by atoms with Gasteiger partial charge in [0.1, 0.15) is 0 Å². The van der Waals surface area contributed by atoms with E-state index >= 15 is 0 Å². The van der Waals surface area contributed by atoms with Gasteiger partial charge in [0.05, 0.1) is 11.9 Å². The Morgan fingerprint density at radius 3 is 1.25 bits per heavy atom. The van der Waals surface area contributed by atoms with E-state index in [2.05, 4.69) is 13.8 Å². The second-order valence-electron chi connectivity index (χ2n) is 5.52. The lowest BCUT2D eigenvalue weighted by Gasteiger charge is -2.22. The molecule has 0 aromatic heterocycles. The third kappa shape index (κ3) is 5.43. The van der Waals surface area contributed by atoms with Crippen LogP contribution in [0.2, 0.25) is 0 Å². The van der Waals surface area contributed by atoms with Gasteiger partial charge in [-0.15, -0.1) is 0 Å². The molecule has 0 radical (unpaired) electrons. The molecule has 0 aliphatic heterocycles. The molecule has 0 N–H and O–H groups in total. The molecule has 1 saturated carbocycles. The summed E-state index contributed by atoms with van der Waals surface area (Å²) in [5.41, 5.74) is -0.111. The first kappa shape index (κ1) is 16.2. The highest BCUT2D eigenvalue weighted by Crippen LogP contribution is 2.27. The molecule has 1 fully saturated rings.